The van der Waals surface area contributed by atoms with Crippen LogP contribution in [0, 0.1) is 10.1 Å². The lowest BCUT2D eigenvalue weighted by molar-refractivity contribution is -0.384. The normalized spacial score (nSPS) is 10.7. The van der Waals surface area contributed by atoms with Gasteiger partial charge in [0.05, 0.1) is 10.4 Å². The van der Waals surface area contributed by atoms with E-state index in [1.807, 2.05) is 30.3 Å². The lowest BCUT2D eigenvalue weighted by Gasteiger charge is -2.04. The van der Waals surface area contributed by atoms with E-state index in [0.717, 1.165) is 21.5 Å². The van der Waals surface area contributed by atoms with Gasteiger partial charge < -0.3 is 0 Å². The molecule has 0 atom stereocenters. The summed E-state index contributed by atoms with van der Waals surface area (Å²) in [6, 6.07) is 14.5. The number of benzene rings is 2. The van der Waals surface area contributed by atoms with Gasteiger partial charge in [-0.25, -0.2) is 9.97 Å². The summed E-state index contributed by atoms with van der Waals surface area (Å²) in [5.74, 6) is 0.628. The number of thioether (sulfide) groups is 1. The number of nitro benzene ring substituents is 1. The molecule has 5 nitrogen and oxygen atoms in total. The second-order valence-corrected chi connectivity index (χ2v) is 5.38. The van der Waals surface area contributed by atoms with Gasteiger partial charge in [-0.1, -0.05) is 30.3 Å². The van der Waals surface area contributed by atoms with Gasteiger partial charge in [0.2, 0.25) is 0 Å². The molecule has 0 N–H and O–H groups in total. The molecule has 0 amide bonds. The predicted molar refractivity (Wildman–Crippen MR) is 82.2 cm³/mol. The van der Waals surface area contributed by atoms with E-state index in [4.69, 9.17) is 0 Å². The number of fused-ring (bicyclic) bond motifs is 1. The largest absolute Gasteiger partial charge is 0.269 e. The average molecular weight is 297 g/mol. The van der Waals surface area contributed by atoms with Crippen LogP contribution in [0.5, 0.6) is 0 Å². The van der Waals surface area contributed by atoms with Crippen molar-refractivity contribution in [1.29, 1.82) is 0 Å². The van der Waals surface area contributed by atoms with E-state index in [2.05, 4.69) is 9.97 Å². The van der Waals surface area contributed by atoms with Gasteiger partial charge in [-0.3, -0.25) is 10.1 Å². The summed E-state index contributed by atoms with van der Waals surface area (Å²) in [5, 5.41) is 12.7. The number of nitrogens with zero attached hydrogens (tertiary/aromatic N) is 3. The van der Waals surface area contributed by atoms with Crippen LogP contribution in [0.1, 0.15) is 5.56 Å². The van der Waals surface area contributed by atoms with Crippen molar-refractivity contribution in [3.05, 3.63) is 70.5 Å². The molecule has 0 saturated carbocycles. The van der Waals surface area contributed by atoms with Crippen molar-refractivity contribution in [2.75, 3.05) is 0 Å². The molecule has 21 heavy (non-hydrogen) atoms. The zero-order chi connectivity index (χ0) is 14.7. The monoisotopic (exact) mass is 297 g/mol. The van der Waals surface area contributed by atoms with Crippen LogP contribution >= 0.6 is 11.8 Å². The minimum atomic E-state index is -0.381. The molecule has 3 aromatic rings. The number of hydrogen-bond donors (Lipinski definition) is 0. The maximum atomic E-state index is 10.8. The molecule has 0 aliphatic rings. The summed E-state index contributed by atoms with van der Waals surface area (Å²) >= 11 is 1.55. The van der Waals surface area contributed by atoms with Gasteiger partial charge in [-0.15, -0.1) is 11.8 Å². The maximum absolute atomic E-state index is 10.8. The second kappa shape index (κ2) is 5.88. The molecule has 0 bridgehead atoms. The predicted octanol–water partition coefficient (Wildman–Crippen LogP) is 3.83. The van der Waals surface area contributed by atoms with Gasteiger partial charge in [-0.2, -0.15) is 0 Å². The van der Waals surface area contributed by atoms with E-state index < -0.39 is 0 Å². The topological polar surface area (TPSA) is 68.9 Å². The molecule has 1 heterocycles. The minimum absolute atomic E-state index is 0.112. The zero-order valence-corrected chi connectivity index (χ0v) is 11.8. The Morgan fingerprint density at radius 1 is 1.10 bits per heavy atom. The van der Waals surface area contributed by atoms with Crippen LogP contribution < -0.4 is 0 Å². The van der Waals surface area contributed by atoms with Crippen LogP contribution in [-0.2, 0) is 5.75 Å². The number of non-ortho nitro benzene ring substituents is 1. The van der Waals surface area contributed by atoms with Gasteiger partial charge in [0.1, 0.15) is 11.4 Å². The summed E-state index contributed by atoms with van der Waals surface area (Å²) in [4.78, 5) is 18.9. The molecular weight excluding hydrogens is 286 g/mol. The van der Waals surface area contributed by atoms with Crippen molar-refractivity contribution in [1.82, 2.24) is 9.97 Å². The standard InChI is InChI=1S/C15H11N3O2S/c19-18(20)12-5-3-4-11(8-12)9-21-15-13-6-1-2-7-14(13)16-10-17-15/h1-8,10H,9H2. The summed E-state index contributed by atoms with van der Waals surface area (Å²) in [5.41, 5.74) is 1.91. The molecule has 0 unspecified atom stereocenters. The van der Waals surface area contributed by atoms with Crippen LogP contribution in [0.4, 0.5) is 5.69 Å². The van der Waals surface area contributed by atoms with Crippen molar-refractivity contribution in [3.63, 3.8) is 0 Å². The van der Waals surface area contributed by atoms with Crippen LogP contribution in [-0.4, -0.2) is 14.9 Å². The molecule has 1 aromatic heterocycles. The van der Waals surface area contributed by atoms with E-state index in [9.17, 15) is 10.1 Å². The average Bonchev–Trinajstić information content (AvgIpc) is 2.53. The zero-order valence-electron chi connectivity index (χ0n) is 11.0. The summed E-state index contributed by atoms with van der Waals surface area (Å²) in [7, 11) is 0. The van der Waals surface area contributed by atoms with E-state index in [-0.39, 0.29) is 10.6 Å². The van der Waals surface area contributed by atoms with Crippen molar-refractivity contribution in [3.8, 4) is 0 Å². The van der Waals surface area contributed by atoms with Crippen molar-refractivity contribution >= 4 is 28.4 Å². The Bertz CT molecular complexity index is 802. The number of para-hydroxylation sites is 1. The Kier molecular flexibility index (Phi) is 3.79. The van der Waals surface area contributed by atoms with Crippen LogP contribution in [0.3, 0.4) is 0 Å². The fraction of sp³-hybridized carbons (Fsp3) is 0.0667. The lowest BCUT2D eigenvalue weighted by atomic mass is 10.2. The number of nitro groups is 1. The van der Waals surface area contributed by atoms with Crippen LogP contribution in [0.25, 0.3) is 10.9 Å². The van der Waals surface area contributed by atoms with Gasteiger partial charge in [-0.05, 0) is 11.6 Å². The first-order chi connectivity index (χ1) is 10.2. The molecule has 0 spiro atoms. The van der Waals surface area contributed by atoms with E-state index >= 15 is 0 Å². The van der Waals surface area contributed by atoms with E-state index in [1.54, 1.807) is 23.9 Å². The van der Waals surface area contributed by atoms with Crippen molar-refractivity contribution < 1.29 is 4.92 Å². The highest BCUT2D eigenvalue weighted by molar-refractivity contribution is 7.98. The highest BCUT2D eigenvalue weighted by atomic mass is 32.2. The van der Waals surface area contributed by atoms with Crippen molar-refractivity contribution in [2.24, 2.45) is 0 Å². The highest BCUT2D eigenvalue weighted by Crippen LogP contribution is 2.28. The number of aromatic nitrogens is 2. The smallest absolute Gasteiger partial charge is 0.258 e. The van der Waals surface area contributed by atoms with Gasteiger partial charge in [0.15, 0.2) is 0 Å². The number of rotatable bonds is 4. The molecule has 6 heteroatoms. The van der Waals surface area contributed by atoms with E-state index in [0.29, 0.717) is 5.75 Å². The third-order valence-electron chi connectivity index (χ3n) is 3.00. The van der Waals surface area contributed by atoms with Crippen molar-refractivity contribution in [2.45, 2.75) is 10.8 Å². The molecule has 104 valence electrons. The van der Waals surface area contributed by atoms with Gasteiger partial charge in [0, 0.05) is 23.3 Å². The molecule has 3 rings (SSSR count). The first kappa shape index (κ1) is 13.5. The summed E-state index contributed by atoms with van der Waals surface area (Å²) in [6.07, 6.45) is 1.54. The Morgan fingerprint density at radius 2 is 1.95 bits per heavy atom. The minimum Gasteiger partial charge on any atom is -0.258 e. The molecule has 0 saturated heterocycles. The molecule has 2 aromatic carbocycles. The Morgan fingerprint density at radius 3 is 2.81 bits per heavy atom. The lowest BCUT2D eigenvalue weighted by Crippen LogP contribution is -1.90. The highest BCUT2D eigenvalue weighted by Gasteiger charge is 2.08. The maximum Gasteiger partial charge on any atom is 0.269 e. The van der Waals surface area contributed by atoms with E-state index in [1.165, 1.54) is 12.4 Å². The third kappa shape index (κ3) is 3.00. The molecule has 0 radical (unpaired) electrons. The number of hydrogen-bond acceptors (Lipinski definition) is 5. The SMILES string of the molecule is O=[N+]([O-])c1cccc(CSc2ncnc3ccccc23)c1. The third-order valence-corrected chi connectivity index (χ3v) is 4.08. The first-order valence-corrected chi connectivity index (χ1v) is 7.28. The summed E-state index contributed by atoms with van der Waals surface area (Å²) < 4.78 is 0. The Balaban J connectivity index is 1.84. The molecule has 0 aliphatic carbocycles. The fourth-order valence-corrected chi connectivity index (χ4v) is 2.94. The van der Waals surface area contributed by atoms with Crippen LogP contribution in [0.15, 0.2) is 59.9 Å². The summed E-state index contributed by atoms with van der Waals surface area (Å²) in [6.45, 7) is 0. The second-order valence-electron chi connectivity index (χ2n) is 4.41. The van der Waals surface area contributed by atoms with Gasteiger partial charge >= 0.3 is 0 Å². The van der Waals surface area contributed by atoms with Crippen LogP contribution in [0.2, 0.25) is 0 Å². The Labute approximate surface area is 125 Å². The quantitative estimate of drug-likeness (QED) is 0.317. The Hall–Kier alpha value is -2.47. The molecule has 0 fully saturated rings. The molecule has 0 aliphatic heterocycles. The first-order valence-electron chi connectivity index (χ1n) is 6.30. The fourth-order valence-electron chi connectivity index (χ4n) is 2.01. The van der Waals surface area contributed by atoms with Gasteiger partial charge in [0.25, 0.3) is 5.69 Å². The molecular formula is C15H11N3O2S.